The highest BCUT2D eigenvalue weighted by atomic mass is 32.1. The van der Waals surface area contributed by atoms with E-state index in [-0.39, 0.29) is 17.8 Å². The van der Waals surface area contributed by atoms with Crippen LogP contribution in [0.3, 0.4) is 0 Å². The molecule has 0 aliphatic carbocycles. The summed E-state index contributed by atoms with van der Waals surface area (Å²) in [7, 11) is 0. The van der Waals surface area contributed by atoms with E-state index in [0.29, 0.717) is 21.6 Å². The van der Waals surface area contributed by atoms with Gasteiger partial charge in [0, 0.05) is 17.0 Å². The minimum Gasteiger partial charge on any atom is -0.342 e. The van der Waals surface area contributed by atoms with Crippen molar-refractivity contribution in [2.45, 2.75) is 0 Å². The number of hydrogen-bond acceptors (Lipinski definition) is 6. The summed E-state index contributed by atoms with van der Waals surface area (Å²) in [4.78, 5) is 41.6. The molecule has 2 heterocycles. The topological polar surface area (TPSA) is 106 Å². The second-order valence-electron chi connectivity index (χ2n) is 6.01. The Labute approximate surface area is 168 Å². The fourth-order valence-electron chi connectivity index (χ4n) is 2.79. The number of amides is 2. The van der Waals surface area contributed by atoms with Crippen LogP contribution in [-0.2, 0) is 4.79 Å². The molecular weight excluding hydrogens is 390 g/mol. The second kappa shape index (κ2) is 8.03. The van der Waals surface area contributed by atoms with Crippen LogP contribution in [0, 0.1) is 0 Å². The molecule has 8 nitrogen and oxygen atoms in total. The van der Waals surface area contributed by atoms with E-state index in [2.05, 4.69) is 20.7 Å². The number of carbonyl (C=O) groups is 2. The Bertz CT molecular complexity index is 1240. The van der Waals surface area contributed by atoms with Gasteiger partial charge in [-0.2, -0.15) is 9.78 Å². The molecule has 0 aliphatic rings. The first-order chi connectivity index (χ1) is 14.1. The van der Waals surface area contributed by atoms with Gasteiger partial charge in [-0.3, -0.25) is 14.4 Å². The number of aromatic nitrogens is 3. The molecule has 2 N–H and O–H groups in total. The maximum Gasteiger partial charge on any atom is 0.279 e. The zero-order valence-corrected chi connectivity index (χ0v) is 15.8. The molecule has 4 rings (SSSR count). The van der Waals surface area contributed by atoms with Crippen molar-refractivity contribution in [2.75, 3.05) is 11.9 Å². The number of para-hydroxylation sites is 1. The number of carbonyl (C=O) groups excluding carboxylic acids is 2. The predicted molar refractivity (Wildman–Crippen MR) is 110 cm³/mol. The van der Waals surface area contributed by atoms with Crippen LogP contribution in [0.25, 0.3) is 16.5 Å². The number of benzene rings is 2. The smallest absolute Gasteiger partial charge is 0.279 e. The second-order valence-corrected chi connectivity index (χ2v) is 6.91. The first-order valence-corrected chi connectivity index (χ1v) is 9.56. The number of anilines is 1. The Balaban J connectivity index is 1.65. The average molecular weight is 405 g/mol. The van der Waals surface area contributed by atoms with Crippen LogP contribution < -0.4 is 16.2 Å². The van der Waals surface area contributed by atoms with Gasteiger partial charge >= 0.3 is 0 Å². The molecule has 0 saturated carbocycles. The molecule has 0 saturated heterocycles. The van der Waals surface area contributed by atoms with Crippen molar-refractivity contribution in [2.24, 2.45) is 0 Å². The molecule has 0 fully saturated rings. The van der Waals surface area contributed by atoms with Gasteiger partial charge in [-0.1, -0.05) is 36.4 Å². The number of fused-ring (bicyclic) bond motifs is 1. The van der Waals surface area contributed by atoms with Crippen LogP contribution in [0.15, 0.2) is 71.0 Å². The molecule has 9 heteroatoms. The monoisotopic (exact) mass is 405 g/mol. The van der Waals surface area contributed by atoms with Crippen molar-refractivity contribution >= 4 is 39.1 Å². The summed E-state index contributed by atoms with van der Waals surface area (Å²) in [6, 6.07) is 15.6. The molecule has 2 amide bonds. The lowest BCUT2D eigenvalue weighted by Gasteiger charge is -2.11. The van der Waals surface area contributed by atoms with E-state index in [1.807, 2.05) is 6.07 Å². The summed E-state index contributed by atoms with van der Waals surface area (Å²) < 4.78 is 1.19. The Morgan fingerprint density at radius 1 is 1.00 bits per heavy atom. The molecule has 0 bridgehead atoms. The number of nitrogens with zero attached hydrogens (tertiary/aromatic N) is 3. The fraction of sp³-hybridized carbons (Fsp3) is 0.0500. The third-order valence-electron chi connectivity index (χ3n) is 4.11. The van der Waals surface area contributed by atoms with E-state index >= 15 is 0 Å². The maximum absolute atomic E-state index is 12.8. The summed E-state index contributed by atoms with van der Waals surface area (Å²) in [5.41, 5.74) is 0.273. The van der Waals surface area contributed by atoms with Crippen LogP contribution in [-0.4, -0.2) is 33.1 Å². The van der Waals surface area contributed by atoms with Gasteiger partial charge in [0.1, 0.15) is 0 Å². The van der Waals surface area contributed by atoms with Crippen molar-refractivity contribution in [1.29, 1.82) is 0 Å². The van der Waals surface area contributed by atoms with Gasteiger partial charge in [0.25, 0.3) is 11.5 Å². The zero-order chi connectivity index (χ0) is 20.2. The SMILES string of the molecule is O=C(CNC(=O)c1nn(-c2ccccc2)c(=O)c2ccccc12)Nc1nccs1. The molecular formula is C20H15N5O3S. The van der Waals surface area contributed by atoms with Crippen molar-refractivity contribution in [1.82, 2.24) is 20.1 Å². The van der Waals surface area contributed by atoms with Crippen LogP contribution in [0.2, 0.25) is 0 Å². The molecule has 29 heavy (non-hydrogen) atoms. The minimum absolute atomic E-state index is 0.0612. The fourth-order valence-corrected chi connectivity index (χ4v) is 3.34. The minimum atomic E-state index is -0.555. The van der Waals surface area contributed by atoms with Crippen molar-refractivity contribution < 1.29 is 9.59 Å². The molecule has 0 aliphatic heterocycles. The summed E-state index contributed by atoms with van der Waals surface area (Å²) in [5, 5.41) is 12.4. The van der Waals surface area contributed by atoms with Crippen LogP contribution >= 0.6 is 11.3 Å². The van der Waals surface area contributed by atoms with Gasteiger partial charge in [-0.15, -0.1) is 11.3 Å². The summed E-state index contributed by atoms with van der Waals surface area (Å²) in [6.07, 6.45) is 1.57. The van der Waals surface area contributed by atoms with Crippen LogP contribution in [0.5, 0.6) is 0 Å². The van der Waals surface area contributed by atoms with E-state index in [0.717, 1.165) is 0 Å². The number of rotatable bonds is 5. The highest BCUT2D eigenvalue weighted by Gasteiger charge is 2.18. The van der Waals surface area contributed by atoms with E-state index in [4.69, 9.17) is 0 Å². The summed E-state index contributed by atoms with van der Waals surface area (Å²) >= 11 is 1.28. The quantitative estimate of drug-likeness (QED) is 0.530. The van der Waals surface area contributed by atoms with E-state index < -0.39 is 11.8 Å². The normalized spacial score (nSPS) is 10.6. The summed E-state index contributed by atoms with van der Waals surface area (Å²) in [5.74, 6) is -0.964. The van der Waals surface area contributed by atoms with Crippen molar-refractivity contribution in [3.05, 3.63) is 82.2 Å². The van der Waals surface area contributed by atoms with Crippen LogP contribution in [0.4, 0.5) is 5.13 Å². The van der Waals surface area contributed by atoms with Gasteiger partial charge in [0.2, 0.25) is 5.91 Å². The van der Waals surface area contributed by atoms with Gasteiger partial charge < -0.3 is 10.6 Å². The first kappa shape index (κ1) is 18.5. The Morgan fingerprint density at radius 2 is 1.72 bits per heavy atom. The molecule has 2 aromatic heterocycles. The Kier molecular flexibility index (Phi) is 5.12. The largest absolute Gasteiger partial charge is 0.342 e. The van der Waals surface area contributed by atoms with Crippen molar-refractivity contribution in [3.8, 4) is 5.69 Å². The Morgan fingerprint density at radius 3 is 2.45 bits per heavy atom. The third-order valence-corrected chi connectivity index (χ3v) is 4.80. The molecule has 0 unspecified atom stereocenters. The lowest BCUT2D eigenvalue weighted by molar-refractivity contribution is -0.115. The van der Waals surface area contributed by atoms with Gasteiger partial charge in [0.15, 0.2) is 10.8 Å². The van der Waals surface area contributed by atoms with E-state index in [1.165, 1.54) is 16.0 Å². The lowest BCUT2D eigenvalue weighted by Crippen LogP contribution is -2.35. The average Bonchev–Trinajstić information content (AvgIpc) is 3.26. The highest BCUT2D eigenvalue weighted by molar-refractivity contribution is 7.13. The van der Waals surface area contributed by atoms with Gasteiger partial charge in [0.05, 0.1) is 17.6 Å². The van der Waals surface area contributed by atoms with Gasteiger partial charge in [-0.25, -0.2) is 4.98 Å². The maximum atomic E-state index is 12.8. The van der Waals surface area contributed by atoms with Gasteiger partial charge in [-0.05, 0) is 18.2 Å². The molecule has 4 aromatic rings. The molecule has 144 valence electrons. The number of hydrogen-bond donors (Lipinski definition) is 2. The van der Waals surface area contributed by atoms with E-state index in [1.54, 1.807) is 60.1 Å². The van der Waals surface area contributed by atoms with E-state index in [9.17, 15) is 14.4 Å². The zero-order valence-electron chi connectivity index (χ0n) is 15.0. The number of thiazole rings is 1. The standard InChI is InChI=1S/C20H15N5O3S/c26-16(23-20-21-10-11-29-20)12-22-18(27)17-14-8-4-5-9-15(14)19(28)25(24-17)13-6-2-1-3-7-13/h1-11H,12H2,(H,22,27)(H,21,23,26). The first-order valence-electron chi connectivity index (χ1n) is 8.68. The molecule has 0 atom stereocenters. The molecule has 0 spiro atoms. The molecule has 0 radical (unpaired) electrons. The molecule has 2 aromatic carbocycles. The third kappa shape index (κ3) is 3.90. The number of nitrogens with one attached hydrogen (secondary N) is 2. The Hall–Kier alpha value is -3.85. The summed E-state index contributed by atoms with van der Waals surface area (Å²) in [6.45, 7) is -0.251. The van der Waals surface area contributed by atoms with Crippen LogP contribution in [0.1, 0.15) is 10.5 Å². The van der Waals surface area contributed by atoms with Crippen molar-refractivity contribution in [3.63, 3.8) is 0 Å². The highest BCUT2D eigenvalue weighted by Crippen LogP contribution is 2.15. The lowest BCUT2D eigenvalue weighted by atomic mass is 10.1. The predicted octanol–water partition coefficient (Wildman–Crippen LogP) is 2.21.